The third-order valence-corrected chi connectivity index (χ3v) is 1.84. The number of nitrogens with zero attached hydrogens (tertiary/aromatic N) is 1. The van der Waals surface area contributed by atoms with Gasteiger partial charge in [0.2, 0.25) is 0 Å². The molecule has 10 heavy (non-hydrogen) atoms. The lowest BCUT2D eigenvalue weighted by atomic mass is 9.85. The Hall–Kier alpha value is -0.825. The molecule has 0 spiro atoms. The second-order valence-electron chi connectivity index (χ2n) is 2.67. The maximum absolute atomic E-state index is 8.77. The van der Waals surface area contributed by atoms with Gasteiger partial charge in [-0.15, -0.1) is 0 Å². The quantitative estimate of drug-likeness (QED) is 0.501. The zero-order valence-electron chi connectivity index (χ0n) is 5.62. The van der Waals surface area contributed by atoms with Gasteiger partial charge in [0.05, 0.1) is 6.04 Å². The largest absolute Gasteiger partial charge is 0.449 e. The molecule has 0 saturated carbocycles. The third-order valence-electron chi connectivity index (χ3n) is 1.84. The normalized spacial score (nSPS) is 27.9. The maximum atomic E-state index is 8.77. The first-order chi connectivity index (χ1) is 4.88. The molecule has 0 saturated heterocycles. The summed E-state index contributed by atoms with van der Waals surface area (Å²) in [5, 5.41) is 8.77. The van der Waals surface area contributed by atoms with E-state index in [1.807, 2.05) is 6.08 Å². The first-order valence-electron chi connectivity index (χ1n) is 3.44. The number of aliphatic imine (C=N–C) groups is 1. The van der Waals surface area contributed by atoms with Crippen molar-refractivity contribution in [2.45, 2.75) is 12.5 Å². The Balaban J connectivity index is 2.29. The molecule has 2 bridgehead atoms. The van der Waals surface area contributed by atoms with Crippen LogP contribution in [-0.4, -0.2) is 24.8 Å². The van der Waals surface area contributed by atoms with E-state index in [0.717, 1.165) is 11.9 Å². The van der Waals surface area contributed by atoms with E-state index in [1.165, 1.54) is 5.57 Å². The van der Waals surface area contributed by atoms with Gasteiger partial charge in [-0.1, -0.05) is 12.2 Å². The summed E-state index contributed by atoms with van der Waals surface area (Å²) in [4.78, 5) is 4.21. The molecule has 2 nitrogen and oxygen atoms in total. The second kappa shape index (κ2) is 2.09. The zero-order chi connectivity index (χ0) is 6.97. The van der Waals surface area contributed by atoms with Gasteiger partial charge in [0.25, 0.3) is 0 Å². The van der Waals surface area contributed by atoms with Crippen molar-refractivity contribution in [2.75, 3.05) is 0 Å². The Kier molecular flexibility index (Phi) is 1.24. The molecular formula is C7H8BNO. The Morgan fingerprint density at radius 1 is 1.70 bits per heavy atom. The standard InChI is InChI=1S/C7H8BNO/c10-8-6-1-5-2-7(3-5)9-4-6/h1-2,4,7-8,10H,3H2. The predicted octanol–water partition coefficient (Wildman–Crippen LogP) is -0.00280. The first kappa shape index (κ1) is 5.92. The van der Waals surface area contributed by atoms with Crippen LogP contribution in [0.2, 0.25) is 0 Å². The summed E-state index contributed by atoms with van der Waals surface area (Å²) < 4.78 is 0. The van der Waals surface area contributed by atoms with E-state index in [2.05, 4.69) is 11.1 Å². The summed E-state index contributed by atoms with van der Waals surface area (Å²) >= 11 is 0. The molecule has 0 amide bonds. The van der Waals surface area contributed by atoms with Crippen molar-refractivity contribution >= 4 is 13.7 Å². The van der Waals surface area contributed by atoms with E-state index in [4.69, 9.17) is 5.02 Å². The lowest BCUT2D eigenvalue weighted by molar-refractivity contribution is 0.613. The molecule has 1 N–H and O–H groups in total. The van der Waals surface area contributed by atoms with Gasteiger partial charge in [-0.2, -0.15) is 0 Å². The van der Waals surface area contributed by atoms with Gasteiger partial charge in [-0.3, -0.25) is 4.99 Å². The van der Waals surface area contributed by atoms with Crippen LogP contribution in [0.3, 0.4) is 0 Å². The topological polar surface area (TPSA) is 32.6 Å². The van der Waals surface area contributed by atoms with Gasteiger partial charge in [0.1, 0.15) is 0 Å². The van der Waals surface area contributed by atoms with Crippen LogP contribution in [0, 0.1) is 0 Å². The lowest BCUT2D eigenvalue weighted by Crippen LogP contribution is -2.10. The van der Waals surface area contributed by atoms with E-state index >= 15 is 0 Å². The van der Waals surface area contributed by atoms with Crippen molar-refractivity contribution in [1.82, 2.24) is 0 Å². The van der Waals surface area contributed by atoms with Crippen molar-refractivity contribution in [2.24, 2.45) is 4.99 Å². The monoisotopic (exact) mass is 133 g/mol. The molecule has 0 fully saturated rings. The number of allylic oxidation sites excluding steroid dienone is 2. The van der Waals surface area contributed by atoms with Crippen molar-refractivity contribution in [3.8, 4) is 0 Å². The SMILES string of the molecule is OBC1=CC2=CC(C2)N=C1. The highest BCUT2D eigenvalue weighted by Crippen LogP contribution is 2.26. The number of hydrogen-bond donors (Lipinski definition) is 1. The van der Waals surface area contributed by atoms with E-state index in [-0.39, 0.29) is 7.48 Å². The molecule has 0 aromatic heterocycles. The van der Waals surface area contributed by atoms with Gasteiger partial charge >= 0.3 is 7.48 Å². The number of rotatable bonds is 1. The number of fused-ring (bicyclic) bond motifs is 1. The highest BCUT2D eigenvalue weighted by molar-refractivity contribution is 6.44. The molecule has 1 aliphatic carbocycles. The minimum atomic E-state index is 0.105. The predicted molar refractivity (Wildman–Crippen MR) is 42.4 cm³/mol. The molecule has 2 aliphatic heterocycles. The Labute approximate surface area is 60.2 Å². The van der Waals surface area contributed by atoms with Crippen LogP contribution in [0.25, 0.3) is 0 Å². The molecular weight excluding hydrogens is 125 g/mol. The average Bonchev–Trinajstić information content (AvgIpc) is 2.14. The van der Waals surface area contributed by atoms with E-state index in [1.54, 1.807) is 6.21 Å². The molecule has 0 aromatic rings. The van der Waals surface area contributed by atoms with Gasteiger partial charge in [-0.25, -0.2) is 0 Å². The Morgan fingerprint density at radius 3 is 3.20 bits per heavy atom. The molecule has 3 aliphatic rings. The van der Waals surface area contributed by atoms with Crippen LogP contribution in [0.5, 0.6) is 0 Å². The van der Waals surface area contributed by atoms with Crippen LogP contribution >= 0.6 is 0 Å². The van der Waals surface area contributed by atoms with Crippen molar-refractivity contribution in [3.63, 3.8) is 0 Å². The van der Waals surface area contributed by atoms with Crippen molar-refractivity contribution in [1.29, 1.82) is 0 Å². The summed E-state index contributed by atoms with van der Waals surface area (Å²) in [5.41, 5.74) is 2.23. The minimum absolute atomic E-state index is 0.105. The molecule has 0 aromatic carbocycles. The fourth-order valence-electron chi connectivity index (χ4n) is 1.21. The Bertz CT molecular complexity index is 242. The van der Waals surface area contributed by atoms with Gasteiger partial charge in [-0.05, 0) is 17.5 Å². The van der Waals surface area contributed by atoms with Crippen molar-refractivity contribution in [3.05, 3.63) is 23.2 Å². The molecule has 3 heteroatoms. The Morgan fingerprint density at radius 2 is 2.50 bits per heavy atom. The molecule has 0 radical (unpaired) electrons. The van der Waals surface area contributed by atoms with E-state index < -0.39 is 0 Å². The fraction of sp³-hybridized carbons (Fsp3) is 0.286. The molecule has 1 atom stereocenters. The van der Waals surface area contributed by atoms with Crippen LogP contribution in [0.4, 0.5) is 0 Å². The summed E-state index contributed by atoms with van der Waals surface area (Å²) in [5.74, 6) is 0. The summed E-state index contributed by atoms with van der Waals surface area (Å²) in [7, 11) is 0.105. The van der Waals surface area contributed by atoms with E-state index in [9.17, 15) is 0 Å². The van der Waals surface area contributed by atoms with Crippen LogP contribution in [0.1, 0.15) is 6.42 Å². The lowest BCUT2D eigenvalue weighted by Gasteiger charge is -2.16. The van der Waals surface area contributed by atoms with Gasteiger partial charge < -0.3 is 5.02 Å². The third kappa shape index (κ3) is 0.828. The summed E-state index contributed by atoms with van der Waals surface area (Å²) in [6, 6.07) is 0.398. The van der Waals surface area contributed by atoms with Crippen molar-refractivity contribution < 1.29 is 5.02 Å². The van der Waals surface area contributed by atoms with Crippen LogP contribution in [0.15, 0.2) is 28.2 Å². The fourth-order valence-corrected chi connectivity index (χ4v) is 1.21. The first-order valence-corrected chi connectivity index (χ1v) is 3.44. The van der Waals surface area contributed by atoms with Gasteiger partial charge in [0.15, 0.2) is 0 Å². The smallest absolute Gasteiger partial charge is 0.306 e. The zero-order valence-corrected chi connectivity index (χ0v) is 5.62. The minimum Gasteiger partial charge on any atom is -0.449 e. The van der Waals surface area contributed by atoms with Gasteiger partial charge in [0, 0.05) is 6.21 Å². The summed E-state index contributed by atoms with van der Waals surface area (Å²) in [6.07, 6.45) is 6.95. The average molecular weight is 133 g/mol. The molecule has 50 valence electrons. The highest BCUT2D eigenvalue weighted by atomic mass is 16.2. The number of hydrogen-bond acceptors (Lipinski definition) is 2. The van der Waals surface area contributed by atoms with Crippen LogP contribution < -0.4 is 0 Å². The van der Waals surface area contributed by atoms with Crippen LogP contribution in [-0.2, 0) is 0 Å². The molecule has 1 unspecified atom stereocenters. The van der Waals surface area contributed by atoms with E-state index in [0.29, 0.717) is 6.04 Å². The molecule has 2 heterocycles. The second-order valence-corrected chi connectivity index (χ2v) is 2.67. The highest BCUT2D eigenvalue weighted by Gasteiger charge is 2.18. The maximum Gasteiger partial charge on any atom is 0.306 e. The summed E-state index contributed by atoms with van der Waals surface area (Å²) in [6.45, 7) is 0. The molecule has 3 rings (SSSR count).